The standard InChI is InChI=1S/C18H18N4O3/c23-17(12-2-3-15-16(10-12)25-11-24-15)21-8-4-14-13(21)5-9-22(14)18-19-6-1-7-20-18/h1-3,6-7,10,13-14H,4-5,8-9,11H2/t13-,14+/m0/s1. The summed E-state index contributed by atoms with van der Waals surface area (Å²) >= 11 is 0. The molecule has 3 aliphatic rings. The van der Waals surface area contributed by atoms with Gasteiger partial charge in [-0.1, -0.05) is 0 Å². The molecular formula is C18H18N4O3. The molecule has 3 aliphatic heterocycles. The molecule has 5 rings (SSSR count). The van der Waals surface area contributed by atoms with Gasteiger partial charge in [-0.2, -0.15) is 0 Å². The van der Waals surface area contributed by atoms with Gasteiger partial charge in [0, 0.05) is 31.0 Å². The number of rotatable bonds is 2. The summed E-state index contributed by atoms with van der Waals surface area (Å²) in [5, 5.41) is 0. The Morgan fingerprint density at radius 3 is 2.72 bits per heavy atom. The van der Waals surface area contributed by atoms with Gasteiger partial charge in [0.05, 0.1) is 12.1 Å². The van der Waals surface area contributed by atoms with Crippen molar-refractivity contribution >= 4 is 11.9 Å². The molecule has 2 fully saturated rings. The Bertz CT molecular complexity index is 813. The normalized spacial score (nSPS) is 23.8. The zero-order chi connectivity index (χ0) is 16.8. The van der Waals surface area contributed by atoms with Gasteiger partial charge < -0.3 is 19.3 Å². The number of anilines is 1. The second-order valence-electron chi connectivity index (χ2n) is 6.52. The number of carbonyl (C=O) groups is 1. The summed E-state index contributed by atoms with van der Waals surface area (Å²) in [5.74, 6) is 2.16. The molecule has 128 valence electrons. The third-order valence-corrected chi connectivity index (χ3v) is 5.27. The molecule has 1 amide bonds. The highest BCUT2D eigenvalue weighted by Crippen LogP contribution is 2.36. The minimum absolute atomic E-state index is 0.0571. The second kappa shape index (κ2) is 5.61. The zero-order valence-electron chi connectivity index (χ0n) is 13.7. The number of fused-ring (bicyclic) bond motifs is 2. The molecule has 0 N–H and O–H groups in total. The summed E-state index contributed by atoms with van der Waals surface area (Å²) < 4.78 is 10.7. The van der Waals surface area contributed by atoms with Crippen molar-refractivity contribution in [2.45, 2.75) is 24.9 Å². The number of amides is 1. The van der Waals surface area contributed by atoms with Crippen LogP contribution in [0.3, 0.4) is 0 Å². The first-order valence-corrected chi connectivity index (χ1v) is 8.55. The van der Waals surface area contributed by atoms with E-state index < -0.39 is 0 Å². The summed E-state index contributed by atoms with van der Waals surface area (Å²) in [6.45, 7) is 1.85. The number of benzene rings is 1. The van der Waals surface area contributed by atoms with Gasteiger partial charge in [-0.25, -0.2) is 9.97 Å². The van der Waals surface area contributed by atoms with Crippen LogP contribution in [0, 0.1) is 0 Å². The Labute approximate surface area is 145 Å². The van der Waals surface area contributed by atoms with Crippen LogP contribution in [0.15, 0.2) is 36.7 Å². The third kappa shape index (κ3) is 2.30. The molecule has 1 aromatic heterocycles. The fourth-order valence-corrected chi connectivity index (χ4v) is 4.12. The Balaban J connectivity index is 1.37. The van der Waals surface area contributed by atoms with Gasteiger partial charge in [-0.3, -0.25) is 4.79 Å². The van der Waals surface area contributed by atoms with Gasteiger partial charge in [-0.05, 0) is 37.1 Å². The molecule has 4 heterocycles. The molecule has 2 saturated heterocycles. The van der Waals surface area contributed by atoms with E-state index in [9.17, 15) is 4.79 Å². The van der Waals surface area contributed by atoms with E-state index in [-0.39, 0.29) is 18.7 Å². The lowest BCUT2D eigenvalue weighted by Gasteiger charge is -2.25. The molecule has 0 saturated carbocycles. The Morgan fingerprint density at radius 1 is 1.04 bits per heavy atom. The number of hydrogen-bond acceptors (Lipinski definition) is 6. The van der Waals surface area contributed by atoms with Crippen LogP contribution in [0.25, 0.3) is 0 Å². The average molecular weight is 338 g/mol. The molecule has 7 heteroatoms. The quantitative estimate of drug-likeness (QED) is 0.830. The van der Waals surface area contributed by atoms with Crippen molar-refractivity contribution in [3.05, 3.63) is 42.2 Å². The van der Waals surface area contributed by atoms with Crippen LogP contribution < -0.4 is 14.4 Å². The van der Waals surface area contributed by atoms with Crippen molar-refractivity contribution in [3.63, 3.8) is 0 Å². The first-order valence-electron chi connectivity index (χ1n) is 8.55. The van der Waals surface area contributed by atoms with Gasteiger partial charge in [0.2, 0.25) is 12.7 Å². The van der Waals surface area contributed by atoms with Crippen LogP contribution in [-0.2, 0) is 0 Å². The molecule has 2 atom stereocenters. The smallest absolute Gasteiger partial charge is 0.254 e. The molecule has 0 radical (unpaired) electrons. The maximum Gasteiger partial charge on any atom is 0.254 e. The molecule has 0 bridgehead atoms. The highest BCUT2D eigenvalue weighted by atomic mass is 16.7. The van der Waals surface area contributed by atoms with E-state index in [0.29, 0.717) is 23.1 Å². The minimum Gasteiger partial charge on any atom is -0.454 e. The lowest BCUT2D eigenvalue weighted by atomic mass is 10.1. The average Bonchev–Trinajstić information content (AvgIpc) is 3.37. The monoisotopic (exact) mass is 338 g/mol. The molecule has 0 aliphatic carbocycles. The summed E-state index contributed by atoms with van der Waals surface area (Å²) in [6.07, 6.45) is 5.42. The van der Waals surface area contributed by atoms with Crippen molar-refractivity contribution in [1.82, 2.24) is 14.9 Å². The van der Waals surface area contributed by atoms with Crippen molar-refractivity contribution in [2.75, 3.05) is 24.8 Å². The van der Waals surface area contributed by atoms with Crippen molar-refractivity contribution in [2.24, 2.45) is 0 Å². The molecule has 7 nitrogen and oxygen atoms in total. The SMILES string of the molecule is O=C(c1ccc2c(c1)OCO2)N1CC[C@@H]2[C@@H]1CCN2c1ncccn1. The summed E-state index contributed by atoms with van der Waals surface area (Å²) in [4.78, 5) is 26.0. The van der Waals surface area contributed by atoms with E-state index in [1.54, 1.807) is 18.5 Å². The summed E-state index contributed by atoms with van der Waals surface area (Å²) in [6, 6.07) is 7.73. The second-order valence-corrected chi connectivity index (χ2v) is 6.52. The van der Waals surface area contributed by atoms with Crippen LogP contribution in [-0.4, -0.2) is 52.7 Å². The van der Waals surface area contributed by atoms with Crippen LogP contribution in [0.1, 0.15) is 23.2 Å². The predicted molar refractivity (Wildman–Crippen MR) is 89.8 cm³/mol. The number of likely N-dealkylation sites (tertiary alicyclic amines) is 1. The van der Waals surface area contributed by atoms with Crippen molar-refractivity contribution in [1.29, 1.82) is 0 Å². The Morgan fingerprint density at radius 2 is 1.84 bits per heavy atom. The number of hydrogen-bond donors (Lipinski definition) is 0. The zero-order valence-corrected chi connectivity index (χ0v) is 13.7. The van der Waals surface area contributed by atoms with E-state index >= 15 is 0 Å². The summed E-state index contributed by atoms with van der Waals surface area (Å²) in [7, 11) is 0. The van der Waals surface area contributed by atoms with Crippen LogP contribution in [0.4, 0.5) is 5.95 Å². The first kappa shape index (κ1) is 14.5. The lowest BCUT2D eigenvalue weighted by molar-refractivity contribution is 0.0737. The first-order chi connectivity index (χ1) is 12.3. The van der Waals surface area contributed by atoms with Crippen LogP contribution in [0.5, 0.6) is 11.5 Å². The predicted octanol–water partition coefficient (Wildman–Crippen LogP) is 1.70. The molecule has 0 spiro atoms. The highest BCUT2D eigenvalue weighted by molar-refractivity contribution is 5.95. The van der Waals surface area contributed by atoms with Gasteiger partial charge in [-0.15, -0.1) is 0 Å². The number of aromatic nitrogens is 2. The van der Waals surface area contributed by atoms with E-state index in [2.05, 4.69) is 14.9 Å². The Kier molecular flexibility index (Phi) is 3.26. The van der Waals surface area contributed by atoms with Crippen molar-refractivity contribution in [3.8, 4) is 11.5 Å². The van der Waals surface area contributed by atoms with E-state index in [0.717, 1.165) is 31.9 Å². The highest BCUT2D eigenvalue weighted by Gasteiger charge is 2.45. The summed E-state index contributed by atoms with van der Waals surface area (Å²) in [5.41, 5.74) is 0.652. The largest absolute Gasteiger partial charge is 0.454 e. The molecule has 1 aromatic carbocycles. The topological polar surface area (TPSA) is 67.8 Å². The minimum atomic E-state index is 0.0571. The number of ether oxygens (including phenoxy) is 2. The molecule has 2 aromatic rings. The van der Waals surface area contributed by atoms with E-state index in [1.807, 2.05) is 23.1 Å². The number of carbonyl (C=O) groups excluding carboxylic acids is 1. The van der Waals surface area contributed by atoms with Crippen LogP contribution >= 0.6 is 0 Å². The van der Waals surface area contributed by atoms with Crippen molar-refractivity contribution < 1.29 is 14.3 Å². The van der Waals surface area contributed by atoms with E-state index in [4.69, 9.17) is 9.47 Å². The molecule has 0 unspecified atom stereocenters. The number of nitrogens with zero attached hydrogens (tertiary/aromatic N) is 4. The van der Waals surface area contributed by atoms with E-state index in [1.165, 1.54) is 0 Å². The van der Waals surface area contributed by atoms with Crippen LogP contribution in [0.2, 0.25) is 0 Å². The lowest BCUT2D eigenvalue weighted by Crippen LogP contribution is -2.40. The molecular weight excluding hydrogens is 320 g/mol. The fraction of sp³-hybridized carbons (Fsp3) is 0.389. The van der Waals surface area contributed by atoms with Gasteiger partial charge in [0.15, 0.2) is 11.5 Å². The van der Waals surface area contributed by atoms with Gasteiger partial charge >= 0.3 is 0 Å². The maximum absolute atomic E-state index is 13.0. The third-order valence-electron chi connectivity index (χ3n) is 5.27. The Hall–Kier alpha value is -2.83. The fourth-order valence-electron chi connectivity index (χ4n) is 4.12. The molecule has 25 heavy (non-hydrogen) atoms. The van der Waals surface area contributed by atoms with Gasteiger partial charge in [0.25, 0.3) is 5.91 Å². The maximum atomic E-state index is 13.0. The van der Waals surface area contributed by atoms with Gasteiger partial charge in [0.1, 0.15) is 0 Å².